The zero-order chi connectivity index (χ0) is 18.9. The Hall–Kier alpha value is -1.99. The summed E-state index contributed by atoms with van der Waals surface area (Å²) in [6, 6.07) is 1.94. The van der Waals surface area contributed by atoms with E-state index in [1.54, 1.807) is 24.2 Å². The maximum absolute atomic E-state index is 9.35. The van der Waals surface area contributed by atoms with Crippen molar-refractivity contribution in [2.24, 2.45) is 10.9 Å². The van der Waals surface area contributed by atoms with Gasteiger partial charge in [-0.15, -0.1) is 11.8 Å². The fraction of sp³-hybridized carbons (Fsp3) is 0.474. The maximum atomic E-state index is 9.35. The van der Waals surface area contributed by atoms with Crippen LogP contribution in [0.1, 0.15) is 36.8 Å². The summed E-state index contributed by atoms with van der Waals surface area (Å²) in [6.45, 7) is 10.6. The second kappa shape index (κ2) is 10.2. The molecule has 0 aliphatic heterocycles. The molecule has 1 atom stereocenters. The number of hydrogen-bond donors (Lipinski definition) is 2. The Labute approximate surface area is 159 Å². The predicted octanol–water partition coefficient (Wildman–Crippen LogP) is 3.93. The molecule has 26 heavy (non-hydrogen) atoms. The molecule has 0 fully saturated rings. The topological polar surface area (TPSA) is 83.3 Å². The van der Waals surface area contributed by atoms with Crippen molar-refractivity contribution >= 4 is 30.0 Å². The molecule has 0 bridgehead atoms. The van der Waals surface area contributed by atoms with E-state index in [0.717, 1.165) is 58.6 Å². The number of aliphatic imine (C=N–C) groups is 1. The molecular formula is C19H27N5OS. The highest BCUT2D eigenvalue weighted by atomic mass is 32.2. The molecule has 2 aromatic heterocycles. The molecule has 0 aromatic carbocycles. The third-order valence-electron chi connectivity index (χ3n) is 4.31. The van der Waals surface area contributed by atoms with Gasteiger partial charge in [0.25, 0.3) is 0 Å². The molecule has 0 saturated heterocycles. The largest absolute Gasteiger partial charge is 0.396 e. The van der Waals surface area contributed by atoms with Crippen LogP contribution in [0.4, 0.5) is 11.5 Å². The van der Waals surface area contributed by atoms with E-state index >= 15 is 0 Å². The van der Waals surface area contributed by atoms with Gasteiger partial charge in [0.15, 0.2) is 0 Å². The van der Waals surface area contributed by atoms with Gasteiger partial charge in [0.2, 0.25) is 0 Å². The number of aliphatic hydroxyl groups is 1. The third kappa shape index (κ3) is 5.51. The average molecular weight is 374 g/mol. The Morgan fingerprint density at radius 3 is 2.85 bits per heavy atom. The van der Waals surface area contributed by atoms with Crippen LogP contribution in [0, 0.1) is 19.8 Å². The summed E-state index contributed by atoms with van der Waals surface area (Å²) >= 11 is 1.67. The third-order valence-corrected chi connectivity index (χ3v) is 5.40. The molecule has 2 rings (SSSR count). The minimum Gasteiger partial charge on any atom is -0.396 e. The summed E-state index contributed by atoms with van der Waals surface area (Å²) in [5, 5.41) is 12.8. The van der Waals surface area contributed by atoms with Crippen LogP contribution in [-0.4, -0.2) is 39.9 Å². The lowest BCUT2D eigenvalue weighted by Crippen LogP contribution is -2.14. The van der Waals surface area contributed by atoms with Gasteiger partial charge in [-0.25, -0.2) is 9.97 Å². The fourth-order valence-corrected chi connectivity index (χ4v) is 3.71. The van der Waals surface area contributed by atoms with E-state index in [1.807, 2.05) is 19.9 Å². The van der Waals surface area contributed by atoms with Gasteiger partial charge in [-0.05, 0) is 39.0 Å². The Bertz CT molecular complexity index is 734. The van der Waals surface area contributed by atoms with Crippen molar-refractivity contribution in [1.29, 1.82) is 0 Å². The van der Waals surface area contributed by atoms with E-state index in [9.17, 15) is 5.11 Å². The number of rotatable bonds is 10. The fourth-order valence-electron chi connectivity index (χ4n) is 2.64. The zero-order valence-electron chi connectivity index (χ0n) is 15.7. The predicted molar refractivity (Wildman–Crippen MR) is 108 cm³/mol. The van der Waals surface area contributed by atoms with Gasteiger partial charge in [0, 0.05) is 41.3 Å². The molecule has 2 N–H and O–H groups in total. The highest BCUT2D eigenvalue weighted by Crippen LogP contribution is 2.33. The van der Waals surface area contributed by atoms with Crippen LogP contribution < -0.4 is 5.32 Å². The van der Waals surface area contributed by atoms with Crippen LogP contribution >= 0.6 is 11.8 Å². The lowest BCUT2D eigenvalue weighted by atomic mass is 10.0. The molecular weight excluding hydrogens is 346 g/mol. The van der Waals surface area contributed by atoms with Crippen LogP contribution in [0.2, 0.25) is 0 Å². The quantitative estimate of drug-likeness (QED) is 0.485. The van der Waals surface area contributed by atoms with Crippen molar-refractivity contribution in [2.75, 3.05) is 18.5 Å². The Morgan fingerprint density at radius 2 is 2.15 bits per heavy atom. The molecule has 0 aliphatic rings. The van der Waals surface area contributed by atoms with Gasteiger partial charge >= 0.3 is 0 Å². The molecule has 0 spiro atoms. The zero-order valence-corrected chi connectivity index (χ0v) is 16.5. The van der Waals surface area contributed by atoms with Gasteiger partial charge in [0.05, 0.1) is 11.9 Å². The molecule has 2 heterocycles. The summed E-state index contributed by atoms with van der Waals surface area (Å²) in [6.07, 6.45) is 5.36. The van der Waals surface area contributed by atoms with Crippen molar-refractivity contribution in [2.45, 2.75) is 44.3 Å². The van der Waals surface area contributed by atoms with Crippen molar-refractivity contribution < 1.29 is 5.11 Å². The first kappa shape index (κ1) is 20.3. The summed E-state index contributed by atoms with van der Waals surface area (Å²) in [4.78, 5) is 18.2. The monoisotopic (exact) mass is 373 g/mol. The first-order chi connectivity index (χ1) is 12.6. The van der Waals surface area contributed by atoms with Gasteiger partial charge in [-0.3, -0.25) is 9.98 Å². The molecule has 0 saturated carbocycles. The normalized spacial score (nSPS) is 12.0. The number of hydrogen-bond acceptors (Lipinski definition) is 7. The summed E-state index contributed by atoms with van der Waals surface area (Å²) < 4.78 is 0. The van der Waals surface area contributed by atoms with Gasteiger partial charge < -0.3 is 10.4 Å². The standard InChI is InChI=1S/C19H27N5OS/c1-5-15(11-25)6-9-22-19-16(13(2)23-14(3)24-19)12-26-18-7-8-21-10-17(18)20-4/h7-8,10,15,25H,4-6,9,11-12H2,1-3H3,(H,22,23,24). The van der Waals surface area contributed by atoms with E-state index in [1.165, 1.54) is 0 Å². The molecule has 1 unspecified atom stereocenters. The molecule has 0 amide bonds. The Morgan fingerprint density at radius 1 is 1.35 bits per heavy atom. The molecule has 7 heteroatoms. The highest BCUT2D eigenvalue weighted by Gasteiger charge is 2.13. The van der Waals surface area contributed by atoms with E-state index in [0.29, 0.717) is 5.92 Å². The summed E-state index contributed by atoms with van der Waals surface area (Å²) in [5.74, 6) is 2.68. The minimum atomic E-state index is 0.224. The van der Waals surface area contributed by atoms with Crippen molar-refractivity contribution in [3.63, 3.8) is 0 Å². The van der Waals surface area contributed by atoms with E-state index in [2.05, 4.69) is 38.9 Å². The number of thioether (sulfide) groups is 1. The summed E-state index contributed by atoms with van der Waals surface area (Å²) in [7, 11) is 0. The highest BCUT2D eigenvalue weighted by molar-refractivity contribution is 7.98. The number of nitrogens with zero attached hydrogens (tertiary/aromatic N) is 4. The van der Waals surface area contributed by atoms with E-state index < -0.39 is 0 Å². The minimum absolute atomic E-state index is 0.224. The molecule has 6 nitrogen and oxygen atoms in total. The number of aryl methyl sites for hydroxylation is 2. The molecule has 0 radical (unpaired) electrons. The molecule has 2 aromatic rings. The number of aliphatic hydroxyl groups excluding tert-OH is 1. The Kier molecular flexibility index (Phi) is 8.00. The Balaban J connectivity index is 2.12. The van der Waals surface area contributed by atoms with Crippen LogP contribution in [-0.2, 0) is 5.75 Å². The van der Waals surface area contributed by atoms with Gasteiger partial charge in [-0.1, -0.05) is 13.3 Å². The second-order valence-electron chi connectivity index (χ2n) is 6.15. The van der Waals surface area contributed by atoms with Crippen LogP contribution in [0.15, 0.2) is 28.3 Å². The number of anilines is 1. The summed E-state index contributed by atoms with van der Waals surface area (Å²) in [5.41, 5.74) is 2.85. The number of nitrogens with one attached hydrogen (secondary N) is 1. The van der Waals surface area contributed by atoms with Crippen LogP contribution in [0.25, 0.3) is 0 Å². The lowest BCUT2D eigenvalue weighted by Gasteiger charge is -2.16. The van der Waals surface area contributed by atoms with Crippen molar-refractivity contribution in [1.82, 2.24) is 15.0 Å². The van der Waals surface area contributed by atoms with Gasteiger partial charge in [-0.2, -0.15) is 0 Å². The maximum Gasteiger partial charge on any atom is 0.134 e. The van der Waals surface area contributed by atoms with E-state index in [4.69, 9.17) is 0 Å². The van der Waals surface area contributed by atoms with Crippen LogP contribution in [0.5, 0.6) is 0 Å². The van der Waals surface area contributed by atoms with Crippen molar-refractivity contribution in [3.05, 3.63) is 35.5 Å². The average Bonchev–Trinajstić information content (AvgIpc) is 2.64. The molecule has 140 valence electrons. The lowest BCUT2D eigenvalue weighted by molar-refractivity contribution is 0.217. The number of pyridine rings is 1. The number of aromatic nitrogens is 3. The first-order valence-electron chi connectivity index (χ1n) is 8.81. The first-order valence-corrected chi connectivity index (χ1v) is 9.79. The van der Waals surface area contributed by atoms with Gasteiger partial charge in [0.1, 0.15) is 11.6 Å². The second-order valence-corrected chi connectivity index (χ2v) is 7.16. The molecule has 0 aliphatic carbocycles. The van der Waals surface area contributed by atoms with E-state index in [-0.39, 0.29) is 6.61 Å². The SMILES string of the molecule is C=Nc1cnccc1SCc1c(C)nc(C)nc1NCCC(CC)CO. The van der Waals surface area contributed by atoms with Crippen LogP contribution in [0.3, 0.4) is 0 Å². The smallest absolute Gasteiger partial charge is 0.134 e. The van der Waals surface area contributed by atoms with Crippen molar-refractivity contribution in [3.8, 4) is 0 Å².